The average molecular weight is 550 g/mol. The highest BCUT2D eigenvalue weighted by Crippen LogP contribution is 2.35. The Morgan fingerprint density at radius 3 is 2.52 bits per heavy atom. The quantitative estimate of drug-likeness (QED) is 0.367. The zero-order valence-electron chi connectivity index (χ0n) is 22.3. The molecule has 1 saturated heterocycles. The minimum atomic E-state index is -1.30. The van der Waals surface area contributed by atoms with E-state index in [0.29, 0.717) is 67.9 Å². The van der Waals surface area contributed by atoms with Gasteiger partial charge in [0.15, 0.2) is 5.65 Å². The lowest BCUT2D eigenvalue weighted by Crippen LogP contribution is -2.46. The van der Waals surface area contributed by atoms with Crippen LogP contribution in [-0.2, 0) is 18.4 Å². The number of fused-ring (bicyclic) bond motifs is 1. The minimum absolute atomic E-state index is 0.129. The van der Waals surface area contributed by atoms with Crippen LogP contribution in [0.15, 0.2) is 53.8 Å². The molecule has 6 rings (SSSR count). The summed E-state index contributed by atoms with van der Waals surface area (Å²) in [6.07, 6.45) is 8.28. The van der Waals surface area contributed by atoms with Crippen LogP contribution in [0.3, 0.4) is 0 Å². The number of aliphatic hydroxyl groups is 1. The van der Waals surface area contributed by atoms with Crippen molar-refractivity contribution in [1.29, 1.82) is 0 Å². The van der Waals surface area contributed by atoms with E-state index >= 15 is 0 Å². The number of aromatic nitrogens is 6. The van der Waals surface area contributed by atoms with Crippen molar-refractivity contribution in [2.75, 3.05) is 13.1 Å². The number of piperidine rings is 1. The third-order valence-electron chi connectivity index (χ3n) is 8.11. The second-order valence-corrected chi connectivity index (χ2v) is 10.9. The standard InChI is InChI=1S/C28H32FN7O4/c1-33-13-10-24(32-33)40-28(39)11-6-20(7-12-28)26(37)34-14-8-19(9-15-34)17-35-18-30-25-23(27(35)38)16-31-36(25)22-4-2-21(29)3-5-22/h2-5,10,13,16,18-20,39H,6-9,11-12,14-15,17H2,1H3. The molecule has 11 nitrogen and oxygen atoms in total. The number of carbonyl (C=O) groups excluding carboxylic acids is 1. The van der Waals surface area contributed by atoms with Crippen LogP contribution in [0, 0.1) is 17.7 Å². The first-order chi connectivity index (χ1) is 19.3. The molecule has 0 unspecified atom stereocenters. The monoisotopic (exact) mass is 549 g/mol. The van der Waals surface area contributed by atoms with Gasteiger partial charge in [-0.3, -0.25) is 18.8 Å². The van der Waals surface area contributed by atoms with Gasteiger partial charge in [-0.05, 0) is 55.9 Å². The number of hydrogen-bond donors (Lipinski definition) is 1. The number of halogens is 1. The van der Waals surface area contributed by atoms with E-state index < -0.39 is 5.79 Å². The lowest BCUT2D eigenvalue weighted by atomic mass is 9.83. The van der Waals surface area contributed by atoms with Crippen molar-refractivity contribution in [2.24, 2.45) is 18.9 Å². The zero-order valence-corrected chi connectivity index (χ0v) is 22.3. The highest BCUT2D eigenvalue weighted by molar-refractivity contribution is 5.79. The molecule has 1 N–H and O–H groups in total. The Balaban J connectivity index is 1.03. The van der Waals surface area contributed by atoms with Gasteiger partial charge in [-0.15, -0.1) is 5.10 Å². The van der Waals surface area contributed by atoms with E-state index in [9.17, 15) is 19.1 Å². The molecular formula is C28H32FN7O4. The van der Waals surface area contributed by atoms with E-state index in [4.69, 9.17) is 4.74 Å². The third kappa shape index (κ3) is 5.23. The van der Waals surface area contributed by atoms with Gasteiger partial charge >= 0.3 is 0 Å². The Kier molecular flexibility index (Phi) is 6.87. The molecule has 40 heavy (non-hydrogen) atoms. The van der Waals surface area contributed by atoms with Gasteiger partial charge < -0.3 is 14.7 Å². The summed E-state index contributed by atoms with van der Waals surface area (Å²) in [6, 6.07) is 7.57. The molecule has 210 valence electrons. The van der Waals surface area contributed by atoms with Gasteiger partial charge in [0.2, 0.25) is 17.6 Å². The van der Waals surface area contributed by atoms with E-state index in [0.717, 1.165) is 12.8 Å². The first-order valence-corrected chi connectivity index (χ1v) is 13.7. The normalized spacial score (nSPS) is 22.1. The molecule has 2 fully saturated rings. The van der Waals surface area contributed by atoms with Crippen molar-refractivity contribution in [3.8, 4) is 11.6 Å². The zero-order chi connectivity index (χ0) is 27.9. The van der Waals surface area contributed by atoms with E-state index in [1.165, 1.54) is 23.0 Å². The third-order valence-corrected chi connectivity index (χ3v) is 8.11. The molecule has 0 bridgehead atoms. The summed E-state index contributed by atoms with van der Waals surface area (Å²) < 4.78 is 23.8. The maximum absolute atomic E-state index is 13.3. The van der Waals surface area contributed by atoms with Gasteiger partial charge in [0.1, 0.15) is 11.2 Å². The van der Waals surface area contributed by atoms with Crippen LogP contribution in [0.4, 0.5) is 4.39 Å². The maximum atomic E-state index is 13.3. The largest absolute Gasteiger partial charge is 0.444 e. The predicted octanol–water partition coefficient (Wildman–Crippen LogP) is 2.65. The minimum Gasteiger partial charge on any atom is -0.444 e. The number of hydrogen-bond acceptors (Lipinski definition) is 7. The SMILES string of the molecule is Cn1ccc(OC2(O)CCC(C(=O)N3CCC(Cn4cnc5c(cnn5-c5ccc(F)cc5)c4=O)CC3)CC2)n1. The summed E-state index contributed by atoms with van der Waals surface area (Å²) in [4.78, 5) is 32.8. The highest BCUT2D eigenvalue weighted by atomic mass is 19.1. The van der Waals surface area contributed by atoms with Crippen LogP contribution in [0.1, 0.15) is 38.5 Å². The fraction of sp³-hybridized carbons (Fsp3) is 0.464. The second-order valence-electron chi connectivity index (χ2n) is 10.9. The molecule has 1 aliphatic carbocycles. The summed E-state index contributed by atoms with van der Waals surface area (Å²) in [5.74, 6) is -1.01. The molecule has 3 aromatic heterocycles. The lowest BCUT2D eigenvalue weighted by molar-refractivity contribution is -0.172. The number of nitrogens with zero attached hydrogens (tertiary/aromatic N) is 7. The smallest absolute Gasteiger partial charge is 0.264 e. The van der Waals surface area contributed by atoms with Gasteiger partial charge in [-0.2, -0.15) is 5.10 Å². The van der Waals surface area contributed by atoms with Crippen molar-refractivity contribution in [3.05, 3.63) is 65.2 Å². The van der Waals surface area contributed by atoms with Crippen LogP contribution < -0.4 is 10.3 Å². The summed E-state index contributed by atoms with van der Waals surface area (Å²) in [5, 5.41) is 19.7. The molecule has 0 atom stereocenters. The molecule has 1 saturated carbocycles. The van der Waals surface area contributed by atoms with Gasteiger partial charge in [0.05, 0.1) is 18.2 Å². The molecule has 12 heteroatoms. The Hall–Kier alpha value is -4.06. The molecule has 2 aliphatic rings. The number of carbonyl (C=O) groups is 1. The molecule has 1 amide bonds. The average Bonchev–Trinajstić information content (AvgIpc) is 3.57. The molecule has 4 aromatic rings. The van der Waals surface area contributed by atoms with Gasteiger partial charge in [0.25, 0.3) is 5.56 Å². The van der Waals surface area contributed by atoms with Crippen molar-refractivity contribution < 1.29 is 19.0 Å². The highest BCUT2D eigenvalue weighted by Gasteiger charge is 2.39. The van der Waals surface area contributed by atoms with Crippen molar-refractivity contribution >= 4 is 16.9 Å². The molecular weight excluding hydrogens is 517 g/mol. The fourth-order valence-corrected chi connectivity index (χ4v) is 5.78. The van der Waals surface area contributed by atoms with E-state index in [-0.39, 0.29) is 29.1 Å². The second kappa shape index (κ2) is 10.5. The first-order valence-electron chi connectivity index (χ1n) is 13.7. The Labute approximate surface area is 229 Å². The molecule has 1 aromatic carbocycles. The van der Waals surface area contributed by atoms with Crippen LogP contribution in [0.2, 0.25) is 0 Å². The molecule has 4 heterocycles. The van der Waals surface area contributed by atoms with E-state index in [2.05, 4.69) is 15.2 Å². The number of likely N-dealkylation sites (tertiary alicyclic amines) is 1. The van der Waals surface area contributed by atoms with Crippen LogP contribution in [-0.4, -0.2) is 63.9 Å². The topological polar surface area (TPSA) is 120 Å². The maximum Gasteiger partial charge on any atom is 0.264 e. The molecule has 0 spiro atoms. The van der Waals surface area contributed by atoms with Crippen molar-refractivity contribution in [1.82, 2.24) is 34.0 Å². The summed E-state index contributed by atoms with van der Waals surface area (Å²) in [5.41, 5.74) is 0.888. The molecule has 0 radical (unpaired) electrons. The summed E-state index contributed by atoms with van der Waals surface area (Å²) >= 11 is 0. The number of aryl methyl sites for hydroxylation is 1. The molecule has 1 aliphatic heterocycles. The predicted molar refractivity (Wildman–Crippen MR) is 143 cm³/mol. The Bertz CT molecular complexity index is 1560. The summed E-state index contributed by atoms with van der Waals surface area (Å²) in [7, 11) is 1.79. The van der Waals surface area contributed by atoms with Crippen LogP contribution >= 0.6 is 0 Å². The van der Waals surface area contributed by atoms with Gasteiger partial charge in [-0.25, -0.2) is 14.1 Å². The Morgan fingerprint density at radius 2 is 1.85 bits per heavy atom. The van der Waals surface area contributed by atoms with E-state index in [1.807, 2.05) is 4.90 Å². The Morgan fingerprint density at radius 1 is 1.12 bits per heavy atom. The van der Waals surface area contributed by atoms with Crippen molar-refractivity contribution in [3.63, 3.8) is 0 Å². The number of rotatable bonds is 6. The lowest BCUT2D eigenvalue weighted by Gasteiger charge is -2.38. The van der Waals surface area contributed by atoms with Gasteiger partial charge in [-0.1, -0.05) is 0 Å². The van der Waals surface area contributed by atoms with Crippen molar-refractivity contribution in [2.45, 2.75) is 50.9 Å². The summed E-state index contributed by atoms with van der Waals surface area (Å²) in [6.45, 7) is 1.80. The van der Waals surface area contributed by atoms with E-state index in [1.54, 1.807) is 47.0 Å². The number of amides is 1. The number of benzene rings is 1. The first kappa shape index (κ1) is 26.2. The fourth-order valence-electron chi connectivity index (χ4n) is 5.78. The van der Waals surface area contributed by atoms with Crippen LogP contribution in [0.5, 0.6) is 5.88 Å². The van der Waals surface area contributed by atoms with Gasteiger partial charge in [0, 0.05) is 57.7 Å². The van der Waals surface area contributed by atoms with Crippen LogP contribution in [0.25, 0.3) is 16.7 Å². The number of ether oxygens (including phenoxy) is 1.